The molecule has 0 aliphatic rings. The molecule has 0 heterocycles. The van der Waals surface area contributed by atoms with Gasteiger partial charge >= 0.3 is 0 Å². The van der Waals surface area contributed by atoms with Gasteiger partial charge in [0.1, 0.15) is 0 Å². The van der Waals surface area contributed by atoms with Crippen molar-refractivity contribution < 1.29 is 8.42 Å². The molecule has 5 nitrogen and oxygen atoms in total. The Morgan fingerprint density at radius 2 is 1.94 bits per heavy atom. The quantitative estimate of drug-likeness (QED) is 0.766. The van der Waals surface area contributed by atoms with E-state index in [0.29, 0.717) is 19.5 Å². The molecule has 1 rings (SSSR count). The Labute approximate surface area is 109 Å². The average Bonchev–Trinajstić information content (AvgIpc) is 2.29. The zero-order chi connectivity index (χ0) is 13.6. The van der Waals surface area contributed by atoms with E-state index in [-0.39, 0.29) is 6.04 Å². The summed E-state index contributed by atoms with van der Waals surface area (Å²) in [5.41, 5.74) is 6.53. The molecule has 0 aromatic heterocycles. The molecule has 0 saturated carbocycles. The number of hydrogen-bond acceptors (Lipinski definition) is 3. The molecule has 1 aromatic carbocycles. The van der Waals surface area contributed by atoms with Crippen LogP contribution >= 0.6 is 0 Å². The first-order valence-electron chi connectivity index (χ1n) is 5.92. The molecule has 6 heteroatoms. The Bertz CT molecular complexity index is 446. The first kappa shape index (κ1) is 15.1. The smallest absolute Gasteiger partial charge is 0.279 e. The number of nitrogens with one attached hydrogen (secondary N) is 1. The van der Waals surface area contributed by atoms with Crippen LogP contribution in [0, 0.1) is 0 Å². The molecule has 0 saturated heterocycles. The predicted molar refractivity (Wildman–Crippen MR) is 73.1 cm³/mol. The van der Waals surface area contributed by atoms with Crippen LogP contribution in [0.5, 0.6) is 0 Å². The molecule has 0 amide bonds. The molecule has 1 atom stereocenters. The lowest BCUT2D eigenvalue weighted by Crippen LogP contribution is -2.39. The van der Waals surface area contributed by atoms with Crippen molar-refractivity contribution in [2.75, 3.05) is 13.6 Å². The van der Waals surface area contributed by atoms with E-state index in [4.69, 9.17) is 5.73 Å². The third kappa shape index (κ3) is 5.14. The lowest BCUT2D eigenvalue weighted by atomic mass is 10.2. The Balaban J connectivity index is 2.52. The summed E-state index contributed by atoms with van der Waals surface area (Å²) in [6.07, 6.45) is 0.623. The van der Waals surface area contributed by atoms with Crippen LogP contribution in [0.15, 0.2) is 30.3 Å². The summed E-state index contributed by atoms with van der Waals surface area (Å²) >= 11 is 0. The van der Waals surface area contributed by atoms with Crippen molar-refractivity contribution in [3.05, 3.63) is 35.9 Å². The van der Waals surface area contributed by atoms with Crippen LogP contribution in [0.3, 0.4) is 0 Å². The molecule has 0 fully saturated rings. The summed E-state index contributed by atoms with van der Waals surface area (Å²) < 4.78 is 27.6. The fourth-order valence-corrected chi connectivity index (χ4v) is 2.37. The van der Waals surface area contributed by atoms with Crippen LogP contribution in [0.1, 0.15) is 18.9 Å². The first-order valence-corrected chi connectivity index (χ1v) is 7.36. The summed E-state index contributed by atoms with van der Waals surface area (Å²) in [5, 5.41) is 0. The second kappa shape index (κ2) is 6.84. The maximum absolute atomic E-state index is 11.9. The van der Waals surface area contributed by atoms with E-state index in [9.17, 15) is 8.42 Å². The molecule has 0 radical (unpaired) electrons. The van der Waals surface area contributed by atoms with Gasteiger partial charge in [-0.15, -0.1) is 0 Å². The Kier molecular flexibility index (Phi) is 5.74. The van der Waals surface area contributed by atoms with Crippen molar-refractivity contribution in [2.24, 2.45) is 5.73 Å². The van der Waals surface area contributed by atoms with Crippen molar-refractivity contribution in [3.63, 3.8) is 0 Å². The number of hydrogen-bond donors (Lipinski definition) is 2. The largest absolute Gasteiger partial charge is 0.328 e. The fourth-order valence-electron chi connectivity index (χ4n) is 1.45. The topological polar surface area (TPSA) is 75.4 Å². The maximum atomic E-state index is 11.9. The molecular formula is C12H21N3O2S. The molecule has 18 heavy (non-hydrogen) atoms. The summed E-state index contributed by atoms with van der Waals surface area (Å²) in [6, 6.07) is 9.46. The highest BCUT2D eigenvalue weighted by atomic mass is 32.2. The minimum Gasteiger partial charge on any atom is -0.328 e. The minimum absolute atomic E-state index is 0.00729. The van der Waals surface area contributed by atoms with Gasteiger partial charge in [0, 0.05) is 26.2 Å². The van der Waals surface area contributed by atoms with Crippen LogP contribution in [-0.4, -0.2) is 32.4 Å². The molecule has 0 aliphatic heterocycles. The Morgan fingerprint density at radius 1 is 1.33 bits per heavy atom. The highest BCUT2D eigenvalue weighted by molar-refractivity contribution is 7.87. The summed E-state index contributed by atoms with van der Waals surface area (Å²) in [7, 11) is -1.87. The minimum atomic E-state index is -3.43. The van der Waals surface area contributed by atoms with Crippen molar-refractivity contribution >= 4 is 10.2 Å². The van der Waals surface area contributed by atoms with Crippen molar-refractivity contribution in [2.45, 2.75) is 25.9 Å². The van der Waals surface area contributed by atoms with Crippen molar-refractivity contribution in [3.8, 4) is 0 Å². The van der Waals surface area contributed by atoms with Crippen LogP contribution in [0.2, 0.25) is 0 Å². The Hall–Kier alpha value is -0.950. The van der Waals surface area contributed by atoms with Gasteiger partial charge in [-0.3, -0.25) is 0 Å². The van der Waals surface area contributed by atoms with Gasteiger partial charge in [-0.2, -0.15) is 12.7 Å². The van der Waals surface area contributed by atoms with Gasteiger partial charge < -0.3 is 5.73 Å². The SMILES string of the molecule is CC(N)CCNS(=O)(=O)N(C)Cc1ccccc1. The molecule has 102 valence electrons. The van der Waals surface area contributed by atoms with Gasteiger partial charge in [0.25, 0.3) is 10.2 Å². The van der Waals surface area contributed by atoms with E-state index >= 15 is 0 Å². The van der Waals surface area contributed by atoms with Crippen LogP contribution in [-0.2, 0) is 16.8 Å². The maximum Gasteiger partial charge on any atom is 0.279 e. The van der Waals surface area contributed by atoms with E-state index in [1.165, 1.54) is 4.31 Å². The molecule has 0 spiro atoms. The van der Waals surface area contributed by atoms with Crippen LogP contribution in [0.25, 0.3) is 0 Å². The molecule has 1 unspecified atom stereocenters. The highest BCUT2D eigenvalue weighted by Crippen LogP contribution is 2.05. The predicted octanol–water partition coefficient (Wildman–Crippen LogP) is 0.690. The lowest BCUT2D eigenvalue weighted by molar-refractivity contribution is 0.453. The third-order valence-corrected chi connectivity index (χ3v) is 4.06. The fraction of sp³-hybridized carbons (Fsp3) is 0.500. The zero-order valence-electron chi connectivity index (χ0n) is 10.8. The normalized spacial score (nSPS) is 13.8. The molecule has 3 N–H and O–H groups in total. The first-order chi connectivity index (χ1) is 8.42. The van der Waals surface area contributed by atoms with E-state index in [0.717, 1.165) is 5.56 Å². The molecule has 0 aliphatic carbocycles. The number of benzene rings is 1. The van der Waals surface area contributed by atoms with Crippen molar-refractivity contribution in [1.82, 2.24) is 9.03 Å². The van der Waals surface area contributed by atoms with Gasteiger partial charge in [-0.05, 0) is 18.9 Å². The lowest BCUT2D eigenvalue weighted by Gasteiger charge is -2.18. The van der Waals surface area contributed by atoms with E-state index in [1.807, 2.05) is 37.3 Å². The summed E-state index contributed by atoms with van der Waals surface area (Å²) in [6.45, 7) is 2.56. The van der Waals surface area contributed by atoms with Gasteiger partial charge in [-0.1, -0.05) is 30.3 Å². The number of nitrogens with two attached hydrogens (primary N) is 1. The Morgan fingerprint density at radius 3 is 2.50 bits per heavy atom. The van der Waals surface area contributed by atoms with E-state index in [1.54, 1.807) is 7.05 Å². The molecular weight excluding hydrogens is 250 g/mol. The van der Waals surface area contributed by atoms with Gasteiger partial charge in [0.15, 0.2) is 0 Å². The van der Waals surface area contributed by atoms with E-state index in [2.05, 4.69) is 4.72 Å². The van der Waals surface area contributed by atoms with Crippen molar-refractivity contribution in [1.29, 1.82) is 0 Å². The zero-order valence-corrected chi connectivity index (χ0v) is 11.7. The summed E-state index contributed by atoms with van der Waals surface area (Å²) in [5.74, 6) is 0. The third-order valence-electron chi connectivity index (χ3n) is 2.54. The second-order valence-electron chi connectivity index (χ2n) is 4.41. The van der Waals surface area contributed by atoms with E-state index < -0.39 is 10.2 Å². The summed E-state index contributed by atoms with van der Waals surface area (Å²) in [4.78, 5) is 0. The van der Waals surface area contributed by atoms with Gasteiger partial charge in [0.05, 0.1) is 0 Å². The van der Waals surface area contributed by atoms with Gasteiger partial charge in [-0.25, -0.2) is 4.72 Å². The highest BCUT2D eigenvalue weighted by Gasteiger charge is 2.16. The van der Waals surface area contributed by atoms with Crippen LogP contribution in [0.4, 0.5) is 0 Å². The van der Waals surface area contributed by atoms with Crippen LogP contribution < -0.4 is 10.5 Å². The average molecular weight is 271 g/mol. The molecule has 0 bridgehead atoms. The number of nitrogens with zero attached hydrogens (tertiary/aromatic N) is 1. The molecule has 1 aromatic rings. The van der Waals surface area contributed by atoms with Gasteiger partial charge in [0.2, 0.25) is 0 Å². The monoisotopic (exact) mass is 271 g/mol. The standard InChI is InChI=1S/C12H21N3O2S/c1-11(13)8-9-14-18(16,17)15(2)10-12-6-4-3-5-7-12/h3-7,11,14H,8-10,13H2,1-2H3. The second-order valence-corrected chi connectivity index (χ2v) is 6.27. The number of rotatable bonds is 7.